The van der Waals surface area contributed by atoms with Gasteiger partial charge in [0.15, 0.2) is 0 Å². The van der Waals surface area contributed by atoms with Crippen molar-refractivity contribution in [1.82, 2.24) is 5.32 Å². The number of nitrogens with one attached hydrogen (secondary N) is 2. The molecule has 2 unspecified atom stereocenters. The zero-order valence-corrected chi connectivity index (χ0v) is 17.9. The van der Waals surface area contributed by atoms with Gasteiger partial charge in [0.05, 0.1) is 10.9 Å². The fourth-order valence-corrected chi connectivity index (χ4v) is 3.96. The van der Waals surface area contributed by atoms with E-state index in [0.29, 0.717) is 24.8 Å². The van der Waals surface area contributed by atoms with Gasteiger partial charge in [-0.3, -0.25) is 9.00 Å². The lowest BCUT2D eigenvalue weighted by Crippen LogP contribution is -2.26. The summed E-state index contributed by atoms with van der Waals surface area (Å²) in [6, 6.07) is 15.2. The number of carbonyl (C=O) groups is 1. The quantitative estimate of drug-likeness (QED) is 0.376. The third-order valence-corrected chi connectivity index (χ3v) is 5.77. The first-order chi connectivity index (χ1) is 14.9. The normalized spacial score (nSPS) is 13.0. The van der Waals surface area contributed by atoms with Crippen LogP contribution in [0, 0.1) is 0 Å². The van der Waals surface area contributed by atoms with Crippen molar-refractivity contribution in [3.63, 3.8) is 0 Å². The number of carbonyl (C=O) groups excluding carboxylic acids is 1. The summed E-state index contributed by atoms with van der Waals surface area (Å²) in [5.74, 6) is -0.435. The van der Waals surface area contributed by atoms with Crippen molar-refractivity contribution in [2.24, 2.45) is 0 Å². The molecule has 31 heavy (non-hydrogen) atoms. The van der Waals surface area contributed by atoms with Gasteiger partial charge in [0.2, 0.25) is 0 Å². The van der Waals surface area contributed by atoms with Gasteiger partial charge in [-0.2, -0.15) is 0 Å². The first-order valence-electron chi connectivity index (χ1n) is 10.0. The maximum absolute atomic E-state index is 12.5. The number of phenols is 2. The lowest BCUT2D eigenvalue weighted by Gasteiger charge is -2.21. The topological polar surface area (TPSA) is 122 Å². The lowest BCUT2D eigenvalue weighted by molar-refractivity contribution is 0.0951. The van der Waals surface area contributed by atoms with Gasteiger partial charge < -0.3 is 25.4 Å². The van der Waals surface area contributed by atoms with Crippen LogP contribution in [0.3, 0.4) is 0 Å². The Bertz CT molecular complexity index is 1090. The second-order valence-electron chi connectivity index (χ2n) is 7.29. The van der Waals surface area contributed by atoms with E-state index < -0.39 is 22.4 Å². The Kier molecular flexibility index (Phi) is 7.49. The highest BCUT2D eigenvalue weighted by Crippen LogP contribution is 2.27. The van der Waals surface area contributed by atoms with Gasteiger partial charge in [-0.15, -0.1) is 0 Å². The summed E-state index contributed by atoms with van der Waals surface area (Å²) in [5.41, 5.74) is 1.85. The minimum Gasteiger partial charge on any atom is -0.771 e. The molecule has 0 heterocycles. The average Bonchev–Trinajstić information content (AvgIpc) is 2.74. The number of amides is 1. The summed E-state index contributed by atoms with van der Waals surface area (Å²) in [6.45, 7) is 2.30. The van der Waals surface area contributed by atoms with Crippen molar-refractivity contribution in [2.45, 2.75) is 31.6 Å². The molecular weight excluding hydrogens is 416 g/mol. The molecule has 0 bridgehead atoms. The largest absolute Gasteiger partial charge is 0.771 e. The van der Waals surface area contributed by atoms with Crippen molar-refractivity contribution in [3.05, 3.63) is 65.7 Å². The van der Waals surface area contributed by atoms with Crippen LogP contribution < -0.4 is 10.6 Å². The fraction of sp³-hybridized carbons (Fsp3) is 0.261. The number of hydrogen-bond acceptors (Lipinski definition) is 6. The van der Waals surface area contributed by atoms with E-state index in [-0.39, 0.29) is 17.1 Å². The van der Waals surface area contributed by atoms with Gasteiger partial charge in [-0.1, -0.05) is 31.5 Å². The van der Waals surface area contributed by atoms with Gasteiger partial charge in [0.25, 0.3) is 5.91 Å². The lowest BCUT2D eigenvalue weighted by atomic mass is 10.0. The van der Waals surface area contributed by atoms with Gasteiger partial charge in [-0.05, 0) is 76.7 Å². The number of fused-ring (bicyclic) bond motifs is 1. The SMILES string of the molecule is CCCC(Nc1ccc(CCNC(=O)c2cc3cc(O)ccc3cc2O)cc1)S(=O)[O-]. The summed E-state index contributed by atoms with van der Waals surface area (Å²) in [6.07, 6.45) is 1.87. The number of hydrogen-bond donors (Lipinski definition) is 4. The Labute approximate surface area is 183 Å². The van der Waals surface area contributed by atoms with Crippen LogP contribution in [-0.2, 0) is 17.5 Å². The smallest absolute Gasteiger partial charge is 0.255 e. The molecule has 0 saturated heterocycles. The highest BCUT2D eigenvalue weighted by Gasteiger charge is 2.13. The second-order valence-corrected chi connectivity index (χ2v) is 8.38. The first kappa shape index (κ1) is 22.6. The predicted molar refractivity (Wildman–Crippen MR) is 121 cm³/mol. The number of aromatic hydroxyl groups is 2. The van der Waals surface area contributed by atoms with Crippen LogP contribution in [0.2, 0.25) is 0 Å². The van der Waals surface area contributed by atoms with Crippen LogP contribution in [-0.4, -0.2) is 36.8 Å². The summed E-state index contributed by atoms with van der Waals surface area (Å²) < 4.78 is 22.5. The Morgan fingerprint density at radius 1 is 1.06 bits per heavy atom. The Hall–Kier alpha value is -3.10. The van der Waals surface area contributed by atoms with Crippen molar-refractivity contribution in [3.8, 4) is 11.5 Å². The highest BCUT2D eigenvalue weighted by molar-refractivity contribution is 7.79. The van der Waals surface area contributed by atoms with E-state index in [9.17, 15) is 23.8 Å². The minimum atomic E-state index is -2.19. The number of phenolic OH excluding ortho intramolecular Hbond substituents is 2. The Morgan fingerprint density at radius 3 is 2.48 bits per heavy atom. The van der Waals surface area contributed by atoms with Crippen molar-refractivity contribution >= 4 is 33.4 Å². The summed E-state index contributed by atoms with van der Waals surface area (Å²) in [5, 5.41) is 26.3. The third kappa shape index (κ3) is 5.96. The van der Waals surface area contributed by atoms with E-state index in [2.05, 4.69) is 10.6 Å². The molecule has 1 amide bonds. The first-order valence-corrected chi connectivity index (χ1v) is 11.2. The predicted octanol–water partition coefficient (Wildman–Crippen LogP) is 3.64. The summed E-state index contributed by atoms with van der Waals surface area (Å²) >= 11 is -2.19. The minimum absolute atomic E-state index is 0.0880. The maximum Gasteiger partial charge on any atom is 0.255 e. The molecule has 3 aromatic rings. The van der Waals surface area contributed by atoms with Crippen LogP contribution in [0.25, 0.3) is 10.8 Å². The average molecular weight is 442 g/mol. The molecular formula is C23H25N2O5S-. The van der Waals surface area contributed by atoms with E-state index in [4.69, 9.17) is 0 Å². The molecule has 0 aromatic heterocycles. The maximum atomic E-state index is 12.5. The molecule has 8 heteroatoms. The van der Waals surface area contributed by atoms with Crippen molar-refractivity contribution in [2.75, 3.05) is 11.9 Å². The van der Waals surface area contributed by atoms with Crippen molar-refractivity contribution < 1.29 is 23.8 Å². The van der Waals surface area contributed by atoms with Crippen LogP contribution in [0.15, 0.2) is 54.6 Å². The van der Waals surface area contributed by atoms with E-state index >= 15 is 0 Å². The Morgan fingerprint density at radius 2 is 1.81 bits per heavy atom. The highest BCUT2D eigenvalue weighted by atomic mass is 32.2. The zero-order valence-electron chi connectivity index (χ0n) is 17.1. The Balaban J connectivity index is 1.57. The van der Waals surface area contributed by atoms with Crippen LogP contribution in [0.4, 0.5) is 5.69 Å². The standard InChI is InChI=1S/C23H26N2O5S/c1-2-3-22(31(29)30)25-18-7-4-15(5-8-18)10-11-24-23(28)20-13-17-12-19(26)9-6-16(17)14-21(20)27/h4-9,12-14,22,25-27H,2-3,10-11H2,1H3,(H,24,28)(H,29,30)/p-1. The van der Waals surface area contributed by atoms with Crippen molar-refractivity contribution in [1.29, 1.82) is 0 Å². The molecule has 0 aliphatic rings. The molecule has 7 nitrogen and oxygen atoms in total. The van der Waals surface area contributed by atoms with Gasteiger partial charge in [0, 0.05) is 12.2 Å². The molecule has 0 fully saturated rings. The van der Waals surface area contributed by atoms with E-state index in [1.807, 2.05) is 31.2 Å². The molecule has 0 saturated carbocycles. The number of rotatable bonds is 9. The van der Waals surface area contributed by atoms with Crippen LogP contribution in [0.1, 0.15) is 35.7 Å². The molecule has 0 aliphatic carbocycles. The van der Waals surface area contributed by atoms with E-state index in [0.717, 1.165) is 23.1 Å². The van der Waals surface area contributed by atoms with Gasteiger partial charge in [-0.25, -0.2) is 0 Å². The molecule has 0 radical (unpaired) electrons. The third-order valence-electron chi connectivity index (χ3n) is 4.95. The number of benzene rings is 3. The zero-order chi connectivity index (χ0) is 22.4. The van der Waals surface area contributed by atoms with E-state index in [1.54, 1.807) is 12.1 Å². The molecule has 0 spiro atoms. The van der Waals surface area contributed by atoms with Crippen LogP contribution >= 0.6 is 0 Å². The number of anilines is 1. The van der Waals surface area contributed by atoms with Gasteiger partial charge >= 0.3 is 0 Å². The summed E-state index contributed by atoms with van der Waals surface area (Å²) in [4.78, 5) is 12.5. The fourth-order valence-electron chi connectivity index (χ4n) is 3.30. The van der Waals surface area contributed by atoms with Gasteiger partial charge in [0.1, 0.15) is 11.5 Å². The monoisotopic (exact) mass is 441 g/mol. The summed E-state index contributed by atoms with van der Waals surface area (Å²) in [7, 11) is 0. The molecule has 0 aliphatic heterocycles. The molecule has 3 aromatic carbocycles. The van der Waals surface area contributed by atoms with E-state index in [1.165, 1.54) is 18.2 Å². The molecule has 3 rings (SSSR count). The molecule has 164 valence electrons. The molecule has 2 atom stereocenters. The molecule has 4 N–H and O–H groups in total. The van der Waals surface area contributed by atoms with Crippen LogP contribution in [0.5, 0.6) is 11.5 Å². The second kappa shape index (κ2) is 10.3.